The van der Waals surface area contributed by atoms with Crippen molar-refractivity contribution in [1.29, 1.82) is 0 Å². The van der Waals surface area contributed by atoms with Gasteiger partial charge in [0.05, 0.1) is 12.1 Å². The van der Waals surface area contributed by atoms with E-state index in [1.807, 2.05) is 17.2 Å². The van der Waals surface area contributed by atoms with Crippen LogP contribution in [0.15, 0.2) is 5.38 Å². The Bertz CT molecular complexity index is 570. The summed E-state index contributed by atoms with van der Waals surface area (Å²) < 4.78 is 17.7. The maximum Gasteiger partial charge on any atom is 0.256 e. The second-order valence-electron chi connectivity index (χ2n) is 6.52. The van der Waals surface area contributed by atoms with Crippen LogP contribution in [0.25, 0.3) is 0 Å². The number of alkyl halides is 1. The van der Waals surface area contributed by atoms with Crippen LogP contribution in [0.2, 0.25) is 0 Å². The van der Waals surface area contributed by atoms with E-state index in [0.717, 1.165) is 24.1 Å². The van der Waals surface area contributed by atoms with Crippen molar-refractivity contribution in [2.45, 2.75) is 45.7 Å². The minimum absolute atomic E-state index is 0.135. The third kappa shape index (κ3) is 4.75. The molecule has 2 rings (SSSR count). The molecule has 1 aromatic rings. The highest BCUT2D eigenvalue weighted by Crippen LogP contribution is 2.20. The Labute approximate surface area is 147 Å². The Balaban J connectivity index is 1.78. The number of likely N-dealkylation sites (tertiary alicyclic amines) is 1. The van der Waals surface area contributed by atoms with Crippen LogP contribution in [0, 0.1) is 12.8 Å². The highest BCUT2D eigenvalue weighted by molar-refractivity contribution is 7.03. The van der Waals surface area contributed by atoms with Gasteiger partial charge in [-0.15, -0.1) is 0 Å². The lowest BCUT2D eigenvalue weighted by molar-refractivity contribution is -0.137. The topological polar surface area (TPSA) is 53.5 Å². The molecule has 7 heteroatoms. The number of carbonyl (C=O) groups is 2. The zero-order valence-electron chi connectivity index (χ0n) is 14.6. The molecule has 0 bridgehead atoms. The molecule has 0 spiro atoms. The summed E-state index contributed by atoms with van der Waals surface area (Å²) >= 11 is 1.38. The van der Waals surface area contributed by atoms with E-state index < -0.39 is 12.1 Å². The van der Waals surface area contributed by atoms with Crippen molar-refractivity contribution in [2.24, 2.45) is 5.92 Å². The molecule has 1 unspecified atom stereocenters. The average molecular weight is 355 g/mol. The number of hydrogen-bond acceptors (Lipinski definition) is 4. The second kappa shape index (κ2) is 8.55. The standard InChI is InChI=1S/C17H26FN3O2S/c1-4-15(18)17(23)20(3)10-13-5-7-21(8-6-13)16(22)9-14-11-24-19-12(14)2/h11,13,15H,4-10H2,1-3H3. The molecule has 134 valence electrons. The lowest BCUT2D eigenvalue weighted by atomic mass is 9.95. The monoisotopic (exact) mass is 355 g/mol. The summed E-state index contributed by atoms with van der Waals surface area (Å²) in [5.41, 5.74) is 1.94. The van der Waals surface area contributed by atoms with Crippen molar-refractivity contribution in [3.8, 4) is 0 Å². The SMILES string of the molecule is CCC(F)C(=O)N(C)CC1CCN(C(=O)Cc2csnc2C)CC1. The molecule has 0 N–H and O–H groups in total. The normalized spacial score (nSPS) is 16.9. The van der Waals surface area contributed by atoms with Gasteiger partial charge >= 0.3 is 0 Å². The Kier molecular flexibility index (Phi) is 6.71. The smallest absolute Gasteiger partial charge is 0.256 e. The third-order valence-electron chi connectivity index (χ3n) is 4.69. The molecule has 1 aliphatic rings. The molecule has 0 radical (unpaired) electrons. The highest BCUT2D eigenvalue weighted by atomic mass is 32.1. The quantitative estimate of drug-likeness (QED) is 0.788. The predicted octanol–water partition coefficient (Wildman–Crippen LogP) is 2.44. The number of hydrogen-bond donors (Lipinski definition) is 0. The van der Waals surface area contributed by atoms with E-state index in [2.05, 4.69) is 4.37 Å². The van der Waals surface area contributed by atoms with E-state index in [1.54, 1.807) is 14.0 Å². The minimum atomic E-state index is -1.40. The fraction of sp³-hybridized carbons (Fsp3) is 0.706. The number of halogens is 1. The van der Waals surface area contributed by atoms with Crippen LogP contribution in [0.4, 0.5) is 4.39 Å². The van der Waals surface area contributed by atoms with Gasteiger partial charge in [-0.3, -0.25) is 9.59 Å². The lowest BCUT2D eigenvalue weighted by Crippen LogP contribution is -2.43. The maximum atomic E-state index is 13.5. The van der Waals surface area contributed by atoms with Crippen LogP contribution in [0.3, 0.4) is 0 Å². The summed E-state index contributed by atoms with van der Waals surface area (Å²) in [5, 5.41) is 1.93. The molecule has 2 amide bonds. The second-order valence-corrected chi connectivity index (χ2v) is 7.15. The first-order valence-electron chi connectivity index (χ1n) is 8.49. The first kappa shape index (κ1) is 18.8. The van der Waals surface area contributed by atoms with E-state index in [9.17, 15) is 14.0 Å². The fourth-order valence-corrected chi connectivity index (χ4v) is 3.72. The molecule has 1 atom stereocenters. The Morgan fingerprint density at radius 3 is 2.67 bits per heavy atom. The molecule has 0 aliphatic carbocycles. The molecule has 5 nitrogen and oxygen atoms in total. The van der Waals surface area contributed by atoms with Gasteiger partial charge in [0, 0.05) is 32.1 Å². The van der Waals surface area contributed by atoms with Gasteiger partial charge in [0.1, 0.15) is 0 Å². The Morgan fingerprint density at radius 1 is 1.46 bits per heavy atom. The van der Waals surface area contributed by atoms with Crippen LogP contribution < -0.4 is 0 Å². The molecular weight excluding hydrogens is 329 g/mol. The number of aromatic nitrogens is 1. The number of amides is 2. The van der Waals surface area contributed by atoms with Gasteiger partial charge in [0.2, 0.25) is 5.91 Å². The van der Waals surface area contributed by atoms with Gasteiger partial charge in [-0.2, -0.15) is 4.37 Å². The summed E-state index contributed by atoms with van der Waals surface area (Å²) in [4.78, 5) is 27.6. The lowest BCUT2D eigenvalue weighted by Gasteiger charge is -2.34. The predicted molar refractivity (Wildman–Crippen MR) is 92.7 cm³/mol. The molecule has 1 aliphatic heterocycles. The van der Waals surface area contributed by atoms with E-state index in [-0.39, 0.29) is 12.3 Å². The summed E-state index contributed by atoms with van der Waals surface area (Å²) in [6.45, 7) is 5.57. The molecule has 24 heavy (non-hydrogen) atoms. The molecule has 1 fully saturated rings. The Hall–Kier alpha value is -1.50. The molecule has 0 aromatic carbocycles. The minimum Gasteiger partial charge on any atom is -0.343 e. The van der Waals surface area contributed by atoms with Gasteiger partial charge in [-0.1, -0.05) is 6.92 Å². The summed E-state index contributed by atoms with van der Waals surface area (Å²) in [6.07, 6.45) is 0.929. The number of nitrogens with zero attached hydrogens (tertiary/aromatic N) is 3. The van der Waals surface area contributed by atoms with Crippen molar-refractivity contribution < 1.29 is 14.0 Å². The number of piperidine rings is 1. The average Bonchev–Trinajstić information content (AvgIpc) is 2.98. The van der Waals surface area contributed by atoms with Crippen LogP contribution in [0.1, 0.15) is 37.4 Å². The summed E-state index contributed by atoms with van der Waals surface area (Å²) in [6, 6.07) is 0. The number of carbonyl (C=O) groups excluding carboxylic acids is 2. The largest absolute Gasteiger partial charge is 0.343 e. The fourth-order valence-electron chi connectivity index (χ4n) is 3.01. The van der Waals surface area contributed by atoms with Crippen molar-refractivity contribution in [3.05, 3.63) is 16.6 Å². The van der Waals surface area contributed by atoms with Crippen LogP contribution in [-0.2, 0) is 16.0 Å². The van der Waals surface area contributed by atoms with Crippen molar-refractivity contribution >= 4 is 23.3 Å². The third-order valence-corrected chi connectivity index (χ3v) is 5.46. The van der Waals surface area contributed by atoms with Gasteiger partial charge in [-0.25, -0.2) is 4.39 Å². The van der Waals surface area contributed by atoms with E-state index in [4.69, 9.17) is 0 Å². The summed E-state index contributed by atoms with van der Waals surface area (Å²) in [5.74, 6) is 0.0315. The summed E-state index contributed by atoms with van der Waals surface area (Å²) in [7, 11) is 1.66. The van der Waals surface area contributed by atoms with E-state index in [1.165, 1.54) is 16.4 Å². The number of rotatable bonds is 6. The van der Waals surface area contributed by atoms with Crippen LogP contribution >= 0.6 is 11.5 Å². The number of aryl methyl sites for hydroxylation is 1. The van der Waals surface area contributed by atoms with Gasteiger partial charge in [0.15, 0.2) is 6.17 Å². The van der Waals surface area contributed by atoms with Crippen LogP contribution in [0.5, 0.6) is 0 Å². The molecule has 1 saturated heterocycles. The molecule has 1 aromatic heterocycles. The maximum absolute atomic E-state index is 13.5. The highest BCUT2D eigenvalue weighted by Gasteiger charge is 2.27. The molecule has 2 heterocycles. The van der Waals surface area contributed by atoms with Crippen molar-refractivity contribution in [1.82, 2.24) is 14.2 Å². The zero-order chi connectivity index (χ0) is 17.7. The van der Waals surface area contributed by atoms with Crippen molar-refractivity contribution in [3.63, 3.8) is 0 Å². The van der Waals surface area contributed by atoms with Gasteiger partial charge < -0.3 is 9.80 Å². The molecular formula is C17H26FN3O2S. The molecule has 0 saturated carbocycles. The van der Waals surface area contributed by atoms with Crippen LogP contribution in [-0.4, -0.2) is 58.8 Å². The zero-order valence-corrected chi connectivity index (χ0v) is 15.4. The van der Waals surface area contributed by atoms with E-state index in [0.29, 0.717) is 32.0 Å². The first-order chi connectivity index (χ1) is 11.4. The van der Waals surface area contributed by atoms with Gasteiger partial charge in [0.25, 0.3) is 5.91 Å². The van der Waals surface area contributed by atoms with E-state index >= 15 is 0 Å². The Morgan fingerprint density at radius 2 is 2.12 bits per heavy atom. The van der Waals surface area contributed by atoms with Crippen molar-refractivity contribution in [2.75, 3.05) is 26.7 Å². The first-order valence-corrected chi connectivity index (χ1v) is 9.32. The van der Waals surface area contributed by atoms with Gasteiger partial charge in [-0.05, 0) is 49.2 Å².